The molecule has 5 nitrogen and oxygen atoms in total. The summed E-state index contributed by atoms with van der Waals surface area (Å²) in [7, 11) is 0. The van der Waals surface area contributed by atoms with Crippen LogP contribution in [0.1, 0.15) is 21.5 Å². The summed E-state index contributed by atoms with van der Waals surface area (Å²) in [4.78, 5) is 28.6. The molecule has 3 aromatic carbocycles. The van der Waals surface area contributed by atoms with Crippen LogP contribution in [0.25, 0.3) is 6.08 Å². The lowest BCUT2D eigenvalue weighted by Gasteiger charge is -2.05. The van der Waals surface area contributed by atoms with Crippen molar-refractivity contribution in [2.24, 2.45) is 4.99 Å². The van der Waals surface area contributed by atoms with Gasteiger partial charge in [0, 0.05) is 0 Å². The van der Waals surface area contributed by atoms with E-state index in [1.165, 1.54) is 18.2 Å². The molecule has 4 rings (SSSR count). The summed E-state index contributed by atoms with van der Waals surface area (Å²) in [6.45, 7) is 0. The quantitative estimate of drug-likeness (QED) is 0.257. The lowest BCUT2D eigenvalue weighted by Crippen LogP contribution is -2.08. The molecule has 0 radical (unpaired) electrons. The summed E-state index contributed by atoms with van der Waals surface area (Å²) in [5.41, 5.74) is 1.61. The van der Waals surface area contributed by atoms with E-state index in [0.717, 1.165) is 0 Å². The van der Waals surface area contributed by atoms with Crippen molar-refractivity contribution in [1.29, 1.82) is 0 Å². The zero-order valence-corrected chi connectivity index (χ0v) is 17.9. The number of carbonyl (C=O) groups excluding carboxylic acids is 2. The first kappa shape index (κ1) is 21.1. The van der Waals surface area contributed by atoms with E-state index in [-0.39, 0.29) is 22.2 Å². The summed E-state index contributed by atoms with van der Waals surface area (Å²) < 4.78 is 10.6. The Morgan fingerprint density at radius 2 is 1.65 bits per heavy atom. The van der Waals surface area contributed by atoms with Crippen molar-refractivity contribution >= 4 is 58.7 Å². The number of rotatable bonds is 4. The number of benzene rings is 3. The average molecular weight is 473 g/mol. The highest BCUT2D eigenvalue weighted by Crippen LogP contribution is 2.25. The van der Waals surface area contributed by atoms with Gasteiger partial charge in [-0.3, -0.25) is 0 Å². The van der Waals surface area contributed by atoms with Crippen LogP contribution in [0.15, 0.2) is 77.4 Å². The lowest BCUT2D eigenvalue weighted by molar-refractivity contribution is -0.129. The molecule has 1 aliphatic rings. The number of halogens is 3. The standard InChI is InChI=1S/C23H12Cl3NO4/c24-17-4-2-1-3-16(17)21-27-20(23(29)31-21)11-13-5-8-15(9-6-13)30-22(28)14-7-10-18(25)19(26)12-14/h1-12H/b20-11-. The van der Waals surface area contributed by atoms with Crippen LogP contribution in [0.3, 0.4) is 0 Å². The van der Waals surface area contributed by atoms with Crippen molar-refractivity contribution in [2.75, 3.05) is 0 Å². The van der Waals surface area contributed by atoms with Crippen molar-refractivity contribution in [3.05, 3.63) is 104 Å². The SMILES string of the molecule is O=C1OC(c2ccccc2Cl)=N/C1=C\c1ccc(OC(=O)c2ccc(Cl)c(Cl)c2)cc1. The van der Waals surface area contributed by atoms with Crippen LogP contribution < -0.4 is 4.74 Å². The third kappa shape index (κ3) is 4.80. The number of esters is 2. The van der Waals surface area contributed by atoms with E-state index in [2.05, 4.69) is 4.99 Å². The van der Waals surface area contributed by atoms with Crippen molar-refractivity contribution in [1.82, 2.24) is 0 Å². The zero-order valence-electron chi connectivity index (χ0n) is 15.6. The topological polar surface area (TPSA) is 65.0 Å². The molecular formula is C23H12Cl3NO4. The van der Waals surface area contributed by atoms with Gasteiger partial charge in [0.25, 0.3) is 0 Å². The van der Waals surface area contributed by atoms with Crippen LogP contribution >= 0.6 is 34.8 Å². The molecule has 8 heteroatoms. The number of hydrogen-bond donors (Lipinski definition) is 0. The monoisotopic (exact) mass is 471 g/mol. The van der Waals surface area contributed by atoms with Crippen LogP contribution in [0, 0.1) is 0 Å². The molecule has 0 bridgehead atoms. The minimum absolute atomic E-state index is 0.135. The Bertz CT molecular complexity index is 1250. The van der Waals surface area contributed by atoms with Crippen molar-refractivity contribution in [2.45, 2.75) is 0 Å². The van der Waals surface area contributed by atoms with Gasteiger partial charge in [-0.15, -0.1) is 0 Å². The van der Waals surface area contributed by atoms with Crippen molar-refractivity contribution < 1.29 is 19.1 Å². The van der Waals surface area contributed by atoms with Gasteiger partial charge >= 0.3 is 11.9 Å². The highest BCUT2D eigenvalue weighted by atomic mass is 35.5. The highest BCUT2D eigenvalue weighted by Gasteiger charge is 2.25. The number of hydrogen-bond acceptors (Lipinski definition) is 5. The van der Waals surface area contributed by atoms with Gasteiger partial charge in [-0.1, -0.05) is 59.1 Å². The Labute approximate surface area is 192 Å². The maximum absolute atomic E-state index is 12.3. The van der Waals surface area contributed by atoms with E-state index in [0.29, 0.717) is 26.9 Å². The van der Waals surface area contributed by atoms with Crippen LogP contribution in [0.5, 0.6) is 5.75 Å². The Kier molecular flexibility index (Phi) is 6.09. The van der Waals surface area contributed by atoms with Crippen LogP contribution in [0.2, 0.25) is 15.1 Å². The fourth-order valence-electron chi connectivity index (χ4n) is 2.74. The molecule has 0 saturated heterocycles. The molecule has 0 aromatic heterocycles. The third-order valence-electron chi connectivity index (χ3n) is 4.27. The molecule has 31 heavy (non-hydrogen) atoms. The Balaban J connectivity index is 1.50. The predicted octanol–water partition coefficient (Wildman–Crippen LogP) is 6.21. The molecule has 0 saturated carbocycles. The van der Waals surface area contributed by atoms with E-state index in [1.807, 2.05) is 0 Å². The van der Waals surface area contributed by atoms with Gasteiger partial charge < -0.3 is 9.47 Å². The minimum atomic E-state index is -0.579. The molecule has 0 amide bonds. The van der Waals surface area contributed by atoms with E-state index in [4.69, 9.17) is 44.3 Å². The molecular weight excluding hydrogens is 461 g/mol. The fraction of sp³-hybridized carbons (Fsp3) is 0. The first-order valence-corrected chi connectivity index (χ1v) is 10.1. The minimum Gasteiger partial charge on any atom is -0.423 e. The maximum atomic E-state index is 12.3. The molecule has 0 fully saturated rings. The molecule has 1 aliphatic heterocycles. The lowest BCUT2D eigenvalue weighted by atomic mass is 10.2. The van der Waals surface area contributed by atoms with Gasteiger partial charge in [0.15, 0.2) is 5.70 Å². The van der Waals surface area contributed by atoms with E-state index < -0.39 is 11.9 Å². The van der Waals surface area contributed by atoms with Crippen LogP contribution in [0.4, 0.5) is 0 Å². The Hall–Kier alpha value is -3.12. The summed E-state index contributed by atoms with van der Waals surface area (Å²) in [6, 6.07) is 18.0. The molecule has 0 unspecified atom stereocenters. The third-order valence-corrected chi connectivity index (χ3v) is 5.34. The highest BCUT2D eigenvalue weighted by molar-refractivity contribution is 6.42. The fourth-order valence-corrected chi connectivity index (χ4v) is 3.25. The Morgan fingerprint density at radius 1 is 0.903 bits per heavy atom. The second-order valence-corrected chi connectivity index (χ2v) is 7.62. The van der Waals surface area contributed by atoms with Crippen molar-refractivity contribution in [3.63, 3.8) is 0 Å². The first-order chi connectivity index (χ1) is 14.9. The van der Waals surface area contributed by atoms with E-state index in [9.17, 15) is 9.59 Å². The summed E-state index contributed by atoms with van der Waals surface area (Å²) in [5, 5.41) is 1.04. The van der Waals surface area contributed by atoms with E-state index in [1.54, 1.807) is 54.6 Å². The predicted molar refractivity (Wildman–Crippen MR) is 120 cm³/mol. The van der Waals surface area contributed by atoms with Gasteiger partial charge in [0.05, 0.1) is 26.2 Å². The number of cyclic esters (lactones) is 1. The summed E-state index contributed by atoms with van der Waals surface area (Å²) in [6.07, 6.45) is 1.57. The maximum Gasteiger partial charge on any atom is 0.363 e. The van der Waals surface area contributed by atoms with Gasteiger partial charge in [-0.2, -0.15) is 0 Å². The summed E-state index contributed by atoms with van der Waals surface area (Å²) in [5.74, 6) is -0.676. The Morgan fingerprint density at radius 3 is 2.35 bits per heavy atom. The first-order valence-electron chi connectivity index (χ1n) is 8.95. The molecule has 0 spiro atoms. The largest absolute Gasteiger partial charge is 0.423 e. The normalized spacial score (nSPS) is 14.4. The molecule has 0 aliphatic carbocycles. The summed E-state index contributed by atoms with van der Waals surface area (Å²) >= 11 is 17.9. The van der Waals surface area contributed by atoms with Gasteiger partial charge in [0.1, 0.15) is 5.75 Å². The molecule has 1 heterocycles. The number of ether oxygens (including phenoxy) is 2. The molecule has 3 aromatic rings. The van der Waals surface area contributed by atoms with Gasteiger partial charge in [0.2, 0.25) is 5.90 Å². The molecule has 0 N–H and O–H groups in total. The second-order valence-electron chi connectivity index (χ2n) is 6.40. The number of nitrogens with zero attached hydrogens (tertiary/aromatic N) is 1. The zero-order chi connectivity index (χ0) is 22.0. The molecule has 154 valence electrons. The number of aliphatic imine (C=N–C) groups is 1. The van der Waals surface area contributed by atoms with E-state index >= 15 is 0 Å². The van der Waals surface area contributed by atoms with Crippen LogP contribution in [-0.4, -0.2) is 17.8 Å². The number of carbonyl (C=O) groups is 2. The second kappa shape index (κ2) is 8.94. The van der Waals surface area contributed by atoms with Gasteiger partial charge in [-0.05, 0) is 54.1 Å². The molecule has 0 atom stereocenters. The van der Waals surface area contributed by atoms with Crippen molar-refractivity contribution in [3.8, 4) is 5.75 Å². The average Bonchev–Trinajstić information content (AvgIpc) is 3.11. The van der Waals surface area contributed by atoms with Gasteiger partial charge in [-0.25, -0.2) is 14.6 Å². The smallest absolute Gasteiger partial charge is 0.363 e. The van der Waals surface area contributed by atoms with Crippen LogP contribution in [-0.2, 0) is 9.53 Å².